The summed E-state index contributed by atoms with van der Waals surface area (Å²) >= 11 is 1.78. The van der Waals surface area contributed by atoms with E-state index < -0.39 is 5.54 Å². The molecule has 1 aliphatic heterocycles. The fraction of sp³-hybridized carbons (Fsp3) is 0.692. The summed E-state index contributed by atoms with van der Waals surface area (Å²) in [7, 11) is 0. The normalized spacial score (nSPS) is 25.7. The van der Waals surface area contributed by atoms with Crippen LogP contribution in [0.1, 0.15) is 99.8 Å². The van der Waals surface area contributed by atoms with E-state index >= 15 is 0 Å². The van der Waals surface area contributed by atoms with Crippen LogP contribution in [0.5, 0.6) is 0 Å². The first kappa shape index (κ1) is 22.0. The third kappa shape index (κ3) is 3.78. The van der Waals surface area contributed by atoms with Gasteiger partial charge in [-0.1, -0.05) is 51.9 Å². The molecule has 3 heterocycles. The topological polar surface area (TPSA) is 54.3 Å². The second-order valence-corrected chi connectivity index (χ2v) is 11.5. The predicted octanol–water partition coefficient (Wildman–Crippen LogP) is 5.65. The Balaban J connectivity index is 1.54. The van der Waals surface area contributed by atoms with E-state index in [1.807, 2.05) is 11.8 Å². The fourth-order valence-corrected chi connectivity index (χ4v) is 7.24. The van der Waals surface area contributed by atoms with Crippen molar-refractivity contribution in [3.8, 4) is 0 Å². The molecule has 174 valence electrons. The van der Waals surface area contributed by atoms with Gasteiger partial charge in [0.1, 0.15) is 11.2 Å². The third-order valence-corrected chi connectivity index (χ3v) is 9.26. The average molecular weight is 456 g/mol. The molecular weight excluding hydrogens is 418 g/mol. The summed E-state index contributed by atoms with van der Waals surface area (Å²) in [6.07, 6.45) is 13.5. The van der Waals surface area contributed by atoms with Crippen LogP contribution in [0.3, 0.4) is 0 Å². The molecule has 32 heavy (non-hydrogen) atoms. The molecule has 2 aromatic rings. The highest BCUT2D eigenvalue weighted by molar-refractivity contribution is 7.19. The zero-order valence-electron chi connectivity index (χ0n) is 19.6. The van der Waals surface area contributed by atoms with Crippen molar-refractivity contribution >= 4 is 33.4 Å². The van der Waals surface area contributed by atoms with E-state index in [0.717, 1.165) is 56.2 Å². The maximum absolute atomic E-state index is 14.0. The molecule has 6 heteroatoms. The number of thiophene rings is 1. The van der Waals surface area contributed by atoms with E-state index in [0.29, 0.717) is 6.54 Å². The lowest BCUT2D eigenvalue weighted by molar-refractivity contribution is -0.135. The number of amides is 2. The minimum atomic E-state index is -0.850. The molecule has 0 aromatic carbocycles. The molecule has 0 radical (unpaired) electrons. The second-order valence-electron chi connectivity index (χ2n) is 10.3. The monoisotopic (exact) mass is 455 g/mol. The molecule has 0 saturated heterocycles. The summed E-state index contributed by atoms with van der Waals surface area (Å²) in [5, 5.41) is 3.38. The molecule has 0 spiro atoms. The van der Waals surface area contributed by atoms with Crippen molar-refractivity contribution in [2.45, 2.75) is 115 Å². The van der Waals surface area contributed by atoms with Crippen LogP contribution in [0.15, 0.2) is 12.1 Å². The zero-order valence-corrected chi connectivity index (χ0v) is 20.4. The molecule has 0 unspecified atom stereocenters. The van der Waals surface area contributed by atoms with E-state index in [-0.39, 0.29) is 23.9 Å². The van der Waals surface area contributed by atoms with Crippen LogP contribution >= 0.6 is 11.3 Å². The van der Waals surface area contributed by atoms with Crippen molar-refractivity contribution in [2.24, 2.45) is 0 Å². The number of rotatable bonds is 4. The summed E-state index contributed by atoms with van der Waals surface area (Å²) in [4.78, 5) is 31.2. The van der Waals surface area contributed by atoms with Crippen LogP contribution in [-0.4, -0.2) is 38.9 Å². The van der Waals surface area contributed by atoms with Gasteiger partial charge < -0.3 is 14.8 Å². The number of carbonyl (C=O) groups is 2. The molecule has 1 N–H and O–H groups in total. The van der Waals surface area contributed by atoms with Gasteiger partial charge in [0.05, 0.1) is 16.8 Å². The first-order valence-electron chi connectivity index (χ1n) is 12.8. The van der Waals surface area contributed by atoms with Crippen LogP contribution < -0.4 is 5.32 Å². The van der Waals surface area contributed by atoms with Gasteiger partial charge in [0.15, 0.2) is 0 Å². The van der Waals surface area contributed by atoms with E-state index in [1.54, 1.807) is 11.3 Å². The molecular formula is C26H37N3O2S. The Morgan fingerprint density at radius 2 is 1.72 bits per heavy atom. The summed E-state index contributed by atoms with van der Waals surface area (Å²) in [6.45, 7) is 4.74. The van der Waals surface area contributed by atoms with Gasteiger partial charge >= 0.3 is 0 Å². The Hall–Kier alpha value is -1.82. The highest BCUT2D eigenvalue weighted by Crippen LogP contribution is 2.39. The molecule has 2 aliphatic carbocycles. The van der Waals surface area contributed by atoms with Gasteiger partial charge in [0.25, 0.3) is 5.91 Å². The number of nitrogens with zero attached hydrogens (tertiary/aromatic N) is 2. The molecule has 1 atom stereocenters. The smallest absolute Gasteiger partial charge is 0.271 e. The average Bonchev–Trinajstić information content (AvgIpc) is 3.22. The maximum atomic E-state index is 14.0. The van der Waals surface area contributed by atoms with Gasteiger partial charge in [-0.2, -0.15) is 0 Å². The van der Waals surface area contributed by atoms with Crippen LogP contribution in [-0.2, 0) is 17.8 Å². The van der Waals surface area contributed by atoms with Crippen molar-refractivity contribution in [3.63, 3.8) is 0 Å². The summed E-state index contributed by atoms with van der Waals surface area (Å²) in [5.41, 5.74) is 1.03. The molecule has 2 amide bonds. The van der Waals surface area contributed by atoms with Crippen LogP contribution in [0.4, 0.5) is 0 Å². The van der Waals surface area contributed by atoms with E-state index in [2.05, 4.69) is 28.9 Å². The molecule has 2 fully saturated rings. The van der Waals surface area contributed by atoms with Gasteiger partial charge in [-0.3, -0.25) is 9.59 Å². The van der Waals surface area contributed by atoms with Gasteiger partial charge in [-0.15, -0.1) is 11.3 Å². The number of fused-ring (bicyclic) bond motifs is 3. The highest BCUT2D eigenvalue weighted by Gasteiger charge is 2.50. The van der Waals surface area contributed by atoms with Crippen molar-refractivity contribution < 1.29 is 9.59 Å². The minimum Gasteiger partial charge on any atom is -0.351 e. The number of hydrogen-bond acceptors (Lipinski definition) is 3. The van der Waals surface area contributed by atoms with E-state index in [9.17, 15) is 9.59 Å². The van der Waals surface area contributed by atoms with Gasteiger partial charge in [-0.05, 0) is 51.2 Å². The first-order valence-corrected chi connectivity index (χ1v) is 13.6. The van der Waals surface area contributed by atoms with E-state index in [4.69, 9.17) is 0 Å². The van der Waals surface area contributed by atoms with Crippen molar-refractivity contribution in [1.29, 1.82) is 0 Å². The largest absolute Gasteiger partial charge is 0.351 e. The third-order valence-electron chi connectivity index (χ3n) is 8.04. The Labute approximate surface area is 195 Å². The van der Waals surface area contributed by atoms with Crippen molar-refractivity contribution in [1.82, 2.24) is 14.8 Å². The molecule has 5 rings (SSSR count). The predicted molar refractivity (Wildman–Crippen MR) is 130 cm³/mol. The van der Waals surface area contributed by atoms with Gasteiger partial charge in [0, 0.05) is 17.0 Å². The van der Waals surface area contributed by atoms with Crippen LogP contribution in [0, 0.1) is 0 Å². The lowest BCUT2D eigenvalue weighted by Gasteiger charge is -2.48. The summed E-state index contributed by atoms with van der Waals surface area (Å²) in [5.74, 6) is 0.0892. The molecule has 2 aromatic heterocycles. The number of carbonyl (C=O) groups excluding carboxylic acids is 2. The highest BCUT2D eigenvalue weighted by atomic mass is 32.1. The Kier molecular flexibility index (Phi) is 6.08. The number of aryl methyl sites for hydroxylation is 1. The second kappa shape index (κ2) is 8.85. The zero-order chi connectivity index (χ0) is 22.3. The summed E-state index contributed by atoms with van der Waals surface area (Å²) in [6, 6.07) is 4.69. The first-order chi connectivity index (χ1) is 15.5. The Morgan fingerprint density at radius 3 is 2.41 bits per heavy atom. The minimum absolute atomic E-state index is 0.0421. The van der Waals surface area contributed by atoms with Crippen molar-refractivity contribution in [3.05, 3.63) is 22.7 Å². The Bertz CT molecular complexity index is 994. The van der Waals surface area contributed by atoms with Crippen LogP contribution in [0.2, 0.25) is 0 Å². The Morgan fingerprint density at radius 1 is 1.06 bits per heavy atom. The fourth-order valence-electron chi connectivity index (χ4n) is 6.20. The maximum Gasteiger partial charge on any atom is 0.271 e. The molecule has 2 saturated carbocycles. The number of nitrogens with one attached hydrogen (secondary N) is 1. The lowest BCUT2D eigenvalue weighted by Crippen LogP contribution is -2.67. The quantitative estimate of drug-likeness (QED) is 0.606. The molecule has 0 bridgehead atoms. The number of aromatic nitrogens is 1. The van der Waals surface area contributed by atoms with Gasteiger partial charge in [-0.25, -0.2) is 0 Å². The standard InChI is InChI=1S/C26H37N3O2S/c1-3-20-15-21-23(32-20)16-22-24(30)29(19-13-9-4-5-10-14-19)26(2,17-28(21)22)25(31)27-18-11-7-6-8-12-18/h15-16,18-19H,3-14,17H2,1-2H3,(H,27,31)/t26-/m0/s1. The summed E-state index contributed by atoms with van der Waals surface area (Å²) < 4.78 is 3.31. The van der Waals surface area contributed by atoms with Crippen molar-refractivity contribution in [2.75, 3.05) is 0 Å². The van der Waals surface area contributed by atoms with Gasteiger partial charge in [0.2, 0.25) is 5.91 Å². The van der Waals surface area contributed by atoms with Crippen LogP contribution in [0.25, 0.3) is 10.2 Å². The van der Waals surface area contributed by atoms with E-state index in [1.165, 1.54) is 41.7 Å². The molecule has 3 aliphatic rings. The number of hydrogen-bond donors (Lipinski definition) is 1. The molecule has 5 nitrogen and oxygen atoms in total. The lowest BCUT2D eigenvalue weighted by atomic mass is 9.89. The SMILES string of the molecule is CCc1cc2c(cc3n2C[C@@](C)(C(=O)NC2CCCCC2)N(C2CCCCCC2)C3=O)s1.